The van der Waals surface area contributed by atoms with Gasteiger partial charge in [-0.15, -0.1) is 12.4 Å². The quantitative estimate of drug-likeness (QED) is 0.214. The zero-order valence-electron chi connectivity index (χ0n) is 22.3. The van der Waals surface area contributed by atoms with Crippen molar-refractivity contribution < 1.29 is 31.4 Å². The molecule has 0 saturated carbocycles. The Labute approximate surface area is 249 Å². The summed E-state index contributed by atoms with van der Waals surface area (Å²) in [5.41, 5.74) is 13.6. The molecule has 3 heterocycles. The molecule has 1 fully saturated rings. The number of nitrogens with zero attached hydrogens (tertiary/aromatic N) is 5. The second-order valence-electron chi connectivity index (χ2n) is 9.06. The van der Waals surface area contributed by atoms with E-state index in [1.807, 2.05) is 36.9 Å². The average molecular weight is 615 g/mol. The molecule has 3 aromatic rings. The summed E-state index contributed by atoms with van der Waals surface area (Å²) in [7, 11) is 0. The predicted octanol–water partition coefficient (Wildman–Crippen LogP) is -1.97. The smallest absolute Gasteiger partial charge is 0.277 e. The lowest BCUT2D eigenvalue weighted by Gasteiger charge is -2.32. The van der Waals surface area contributed by atoms with Crippen molar-refractivity contribution in [3.05, 3.63) is 46.6 Å². The van der Waals surface area contributed by atoms with Gasteiger partial charge in [0.25, 0.3) is 17.6 Å². The maximum atomic E-state index is 13.3. The van der Waals surface area contributed by atoms with Gasteiger partial charge in [-0.2, -0.15) is 0 Å². The first-order valence-electron chi connectivity index (χ1n) is 12.7. The highest BCUT2D eigenvalue weighted by Gasteiger charge is 2.28. The summed E-state index contributed by atoms with van der Waals surface area (Å²) in [6, 6.07) is 5.72. The van der Waals surface area contributed by atoms with Gasteiger partial charge in [0.1, 0.15) is 11.7 Å². The number of benzene rings is 1. The standard InChI is InChI=1S/C25H32ClN9O3.2ClH/c1-3-34-17-6-5-15(25(38)33-9-7-16(8-10-33)31-20(36)12-27)11-18(17)35(4-2)21(34)14-30-24(37)22-23(28)29-13-19(26)32-22;;/h5-6,11,13,16H,3-4,7-10,12,14,27H2,1-2H3,(H3-,28,29,30,31,36,37);2*1H. The Bertz CT molecular complexity index is 1370. The maximum absolute atomic E-state index is 13.3. The highest BCUT2D eigenvalue weighted by atomic mass is 35.5. The van der Waals surface area contributed by atoms with E-state index < -0.39 is 5.91 Å². The van der Waals surface area contributed by atoms with Crippen LogP contribution in [0.5, 0.6) is 0 Å². The molecule has 1 aliphatic rings. The summed E-state index contributed by atoms with van der Waals surface area (Å²) in [6.07, 6.45) is 2.66. The van der Waals surface area contributed by atoms with E-state index in [-0.39, 0.29) is 72.4 Å². The van der Waals surface area contributed by atoms with Gasteiger partial charge in [0.05, 0.1) is 25.8 Å². The van der Waals surface area contributed by atoms with E-state index in [4.69, 9.17) is 23.1 Å². The van der Waals surface area contributed by atoms with Gasteiger partial charge in [0, 0.05) is 30.8 Å². The Morgan fingerprint density at radius 3 is 2.52 bits per heavy atom. The highest BCUT2D eigenvalue weighted by molar-refractivity contribution is 6.29. The number of fused-ring (bicyclic) bond motifs is 1. The largest absolute Gasteiger partial charge is 1.00 e. The van der Waals surface area contributed by atoms with Crippen LogP contribution in [0.25, 0.3) is 11.0 Å². The van der Waals surface area contributed by atoms with E-state index in [9.17, 15) is 14.4 Å². The van der Waals surface area contributed by atoms with Crippen LogP contribution < -0.4 is 39.1 Å². The number of nitrogens with one attached hydrogen (secondary N) is 2. The molecule has 218 valence electrons. The zero-order chi connectivity index (χ0) is 27.4. The highest BCUT2D eigenvalue weighted by Crippen LogP contribution is 2.21. The van der Waals surface area contributed by atoms with Crippen molar-refractivity contribution in [2.75, 3.05) is 25.4 Å². The molecule has 0 spiro atoms. The molecule has 4 rings (SSSR count). The molecule has 2 aromatic heterocycles. The van der Waals surface area contributed by atoms with Gasteiger partial charge in [0.15, 0.2) is 22.5 Å². The molecule has 1 aromatic carbocycles. The van der Waals surface area contributed by atoms with E-state index in [2.05, 4.69) is 29.7 Å². The number of nitrogen functional groups attached to an aromatic ring is 1. The number of imidazole rings is 1. The van der Waals surface area contributed by atoms with Crippen LogP contribution in [-0.4, -0.2) is 62.8 Å². The van der Waals surface area contributed by atoms with Crippen molar-refractivity contribution in [2.24, 2.45) is 5.73 Å². The average Bonchev–Trinajstić information content (AvgIpc) is 3.24. The Hall–Kier alpha value is -3.19. The first-order valence-corrected chi connectivity index (χ1v) is 13.0. The van der Waals surface area contributed by atoms with Gasteiger partial charge < -0.3 is 39.4 Å². The first-order chi connectivity index (χ1) is 18.3. The summed E-state index contributed by atoms with van der Waals surface area (Å²) in [5.74, 6) is 0.163. The Morgan fingerprint density at radius 1 is 1.20 bits per heavy atom. The van der Waals surface area contributed by atoms with E-state index in [0.717, 1.165) is 16.9 Å². The number of carbonyl (C=O) groups is 3. The molecule has 0 unspecified atom stereocenters. The van der Waals surface area contributed by atoms with Crippen LogP contribution in [0.3, 0.4) is 0 Å². The van der Waals surface area contributed by atoms with E-state index in [0.29, 0.717) is 44.6 Å². The molecule has 12 nitrogen and oxygen atoms in total. The number of carbonyl (C=O) groups excluding carboxylic acids is 3. The fourth-order valence-corrected chi connectivity index (χ4v) is 5.04. The number of anilines is 1. The Morgan fingerprint density at radius 2 is 1.90 bits per heavy atom. The monoisotopic (exact) mass is 613 g/mol. The summed E-state index contributed by atoms with van der Waals surface area (Å²) >= 11 is 5.89. The number of aryl methyl sites for hydroxylation is 2. The van der Waals surface area contributed by atoms with Crippen LogP contribution in [0.2, 0.25) is 5.15 Å². The SMILES string of the molecule is CCn1c(CNC(=O)c2nc(Cl)cnc2N)[n+](CC)c2ccc(C(=O)N3CCC(NC(=O)CN)CC3)cc21.Cl.[Cl-]. The second kappa shape index (κ2) is 14.4. The van der Waals surface area contributed by atoms with Crippen LogP contribution in [0.15, 0.2) is 24.4 Å². The third kappa shape index (κ3) is 6.92. The minimum atomic E-state index is -0.477. The van der Waals surface area contributed by atoms with Crippen LogP contribution in [0.1, 0.15) is 53.4 Å². The third-order valence-electron chi connectivity index (χ3n) is 6.79. The van der Waals surface area contributed by atoms with Crippen LogP contribution >= 0.6 is 24.0 Å². The Kier molecular flexibility index (Phi) is 11.9. The summed E-state index contributed by atoms with van der Waals surface area (Å²) in [4.78, 5) is 47.4. The lowest BCUT2D eigenvalue weighted by Crippen LogP contribution is -3.00. The third-order valence-corrected chi connectivity index (χ3v) is 6.97. The minimum absolute atomic E-state index is 0. The maximum Gasteiger partial charge on any atom is 0.277 e. The zero-order valence-corrected chi connectivity index (χ0v) is 24.7. The van der Waals surface area contributed by atoms with Crippen molar-refractivity contribution in [2.45, 2.75) is 52.4 Å². The van der Waals surface area contributed by atoms with Gasteiger partial charge >= 0.3 is 0 Å². The molecule has 3 amide bonds. The van der Waals surface area contributed by atoms with Crippen molar-refractivity contribution in [1.29, 1.82) is 0 Å². The molecule has 0 atom stereocenters. The number of amides is 3. The minimum Gasteiger partial charge on any atom is -1.00 e. The molecule has 0 bridgehead atoms. The van der Waals surface area contributed by atoms with Gasteiger partial charge in [-0.3, -0.25) is 14.4 Å². The number of aromatic nitrogens is 4. The van der Waals surface area contributed by atoms with E-state index in [1.54, 1.807) is 0 Å². The molecule has 1 saturated heterocycles. The van der Waals surface area contributed by atoms with Crippen molar-refractivity contribution >= 4 is 58.6 Å². The van der Waals surface area contributed by atoms with Gasteiger partial charge in [0.2, 0.25) is 5.91 Å². The molecule has 15 heteroatoms. The van der Waals surface area contributed by atoms with E-state index >= 15 is 0 Å². The van der Waals surface area contributed by atoms with Crippen molar-refractivity contribution in [3.63, 3.8) is 0 Å². The van der Waals surface area contributed by atoms with E-state index in [1.165, 1.54) is 6.20 Å². The first kappa shape index (κ1) is 33.0. The number of hydrogen-bond donors (Lipinski definition) is 4. The number of nitrogens with two attached hydrogens (primary N) is 2. The summed E-state index contributed by atoms with van der Waals surface area (Å²) in [5, 5.41) is 5.85. The van der Waals surface area contributed by atoms with Crippen LogP contribution in [-0.2, 0) is 24.4 Å². The molecular formula is C25H34Cl3N9O3. The summed E-state index contributed by atoms with van der Waals surface area (Å²) < 4.78 is 4.18. The fourth-order valence-electron chi connectivity index (χ4n) is 4.90. The molecule has 0 aliphatic carbocycles. The Balaban J connectivity index is 0.00000280. The number of hydrogen-bond acceptors (Lipinski definition) is 7. The molecule has 6 N–H and O–H groups in total. The lowest BCUT2D eigenvalue weighted by molar-refractivity contribution is -0.676. The van der Waals surface area contributed by atoms with Crippen molar-refractivity contribution in [3.8, 4) is 0 Å². The lowest BCUT2D eigenvalue weighted by atomic mass is 10.0. The normalized spacial score (nSPS) is 13.3. The number of likely N-dealkylation sites (tertiary alicyclic amines) is 1. The second-order valence-corrected chi connectivity index (χ2v) is 9.44. The summed E-state index contributed by atoms with van der Waals surface area (Å²) in [6.45, 7) is 6.64. The topological polar surface area (TPSA) is 165 Å². The molecule has 0 radical (unpaired) electrons. The molecule has 1 aliphatic heterocycles. The van der Waals surface area contributed by atoms with Gasteiger partial charge in [-0.05, 0) is 38.8 Å². The van der Waals surface area contributed by atoms with Crippen molar-refractivity contribution in [1.82, 2.24) is 30.1 Å². The number of piperidine rings is 1. The van der Waals surface area contributed by atoms with Crippen LogP contribution in [0, 0.1) is 0 Å². The molecule has 40 heavy (non-hydrogen) atoms. The number of halogens is 3. The number of rotatable bonds is 8. The van der Waals surface area contributed by atoms with Gasteiger partial charge in [-0.1, -0.05) is 11.6 Å². The van der Waals surface area contributed by atoms with Crippen LogP contribution in [0.4, 0.5) is 5.82 Å². The molecular weight excluding hydrogens is 581 g/mol. The van der Waals surface area contributed by atoms with Gasteiger partial charge in [-0.25, -0.2) is 19.1 Å². The fraction of sp³-hybridized carbons (Fsp3) is 0.440. The predicted molar refractivity (Wildman–Crippen MR) is 149 cm³/mol.